The standard InChI is InChI=1S/C23H17ClN4O2/c1-30-18-11-9-15(10-12-18)14-27-22(29)19-7-2-3-8-20(19)28-21(25-26-23(27)28)16-5-4-6-17(24)13-16/h2-13H,14H2,1H3. The Morgan fingerprint density at radius 2 is 1.77 bits per heavy atom. The van der Waals surface area contributed by atoms with Gasteiger partial charge in [-0.3, -0.25) is 13.8 Å². The second kappa shape index (κ2) is 7.31. The number of aromatic nitrogens is 4. The molecule has 3 aromatic carbocycles. The van der Waals surface area contributed by atoms with Gasteiger partial charge in [0.05, 0.1) is 24.6 Å². The van der Waals surface area contributed by atoms with Gasteiger partial charge in [0.25, 0.3) is 5.56 Å². The minimum atomic E-state index is -0.112. The smallest absolute Gasteiger partial charge is 0.263 e. The first-order valence-corrected chi connectivity index (χ1v) is 9.79. The monoisotopic (exact) mass is 416 g/mol. The first-order valence-electron chi connectivity index (χ1n) is 9.41. The van der Waals surface area contributed by atoms with Crippen LogP contribution in [0.3, 0.4) is 0 Å². The maximum atomic E-state index is 13.3. The molecule has 0 aliphatic rings. The van der Waals surface area contributed by atoms with Crippen LogP contribution in [-0.2, 0) is 6.54 Å². The van der Waals surface area contributed by atoms with Crippen molar-refractivity contribution in [3.8, 4) is 17.1 Å². The highest BCUT2D eigenvalue weighted by Gasteiger charge is 2.17. The predicted molar refractivity (Wildman–Crippen MR) is 117 cm³/mol. The molecule has 0 aliphatic heterocycles. The Bertz CT molecular complexity index is 1440. The first-order chi connectivity index (χ1) is 14.7. The second-order valence-corrected chi connectivity index (χ2v) is 7.36. The Kier molecular flexibility index (Phi) is 4.48. The van der Waals surface area contributed by atoms with Crippen molar-refractivity contribution in [2.24, 2.45) is 0 Å². The zero-order valence-corrected chi connectivity index (χ0v) is 16.9. The summed E-state index contributed by atoms with van der Waals surface area (Å²) in [6.07, 6.45) is 0. The molecule has 0 amide bonds. The topological polar surface area (TPSA) is 61.4 Å². The van der Waals surface area contributed by atoms with E-state index in [9.17, 15) is 4.79 Å². The van der Waals surface area contributed by atoms with E-state index in [1.807, 2.05) is 77.2 Å². The normalized spacial score (nSPS) is 11.3. The molecule has 0 spiro atoms. The van der Waals surface area contributed by atoms with Crippen LogP contribution in [-0.4, -0.2) is 26.3 Å². The maximum Gasteiger partial charge on any atom is 0.263 e. The van der Waals surface area contributed by atoms with Crippen LogP contribution in [0.15, 0.2) is 77.6 Å². The molecule has 0 bridgehead atoms. The number of rotatable bonds is 4. The van der Waals surface area contributed by atoms with Gasteiger partial charge in [-0.2, -0.15) is 0 Å². The number of fused-ring (bicyclic) bond motifs is 3. The molecule has 0 N–H and O–H groups in total. The molecule has 148 valence electrons. The number of nitrogens with zero attached hydrogens (tertiary/aromatic N) is 4. The molecular weight excluding hydrogens is 400 g/mol. The molecule has 0 saturated heterocycles. The van der Waals surface area contributed by atoms with Crippen molar-refractivity contribution >= 4 is 28.3 Å². The molecule has 5 aromatic rings. The summed E-state index contributed by atoms with van der Waals surface area (Å²) >= 11 is 6.20. The Balaban J connectivity index is 1.78. The van der Waals surface area contributed by atoms with E-state index in [0.29, 0.717) is 28.6 Å². The van der Waals surface area contributed by atoms with Crippen LogP contribution in [0.1, 0.15) is 5.56 Å². The summed E-state index contributed by atoms with van der Waals surface area (Å²) in [6.45, 7) is 0.366. The van der Waals surface area contributed by atoms with E-state index >= 15 is 0 Å². The molecule has 2 aromatic heterocycles. The molecule has 0 radical (unpaired) electrons. The molecular formula is C23H17ClN4O2. The van der Waals surface area contributed by atoms with Crippen molar-refractivity contribution < 1.29 is 4.74 Å². The quantitative estimate of drug-likeness (QED) is 0.435. The maximum absolute atomic E-state index is 13.3. The number of methoxy groups -OCH3 is 1. The molecule has 30 heavy (non-hydrogen) atoms. The first kappa shape index (κ1) is 18.4. The number of benzene rings is 3. The highest BCUT2D eigenvalue weighted by molar-refractivity contribution is 6.30. The van der Waals surface area contributed by atoms with Crippen LogP contribution in [0, 0.1) is 0 Å². The fraction of sp³-hybridized carbons (Fsp3) is 0.0870. The van der Waals surface area contributed by atoms with Crippen molar-refractivity contribution in [2.75, 3.05) is 7.11 Å². The molecule has 6 nitrogen and oxygen atoms in total. The number of halogens is 1. The summed E-state index contributed by atoms with van der Waals surface area (Å²) in [4.78, 5) is 13.3. The molecule has 0 saturated carbocycles. The van der Waals surface area contributed by atoms with Crippen molar-refractivity contribution in [2.45, 2.75) is 6.54 Å². The lowest BCUT2D eigenvalue weighted by Gasteiger charge is -2.12. The Labute approximate surface area is 176 Å². The lowest BCUT2D eigenvalue weighted by atomic mass is 10.2. The zero-order valence-electron chi connectivity index (χ0n) is 16.1. The van der Waals surface area contributed by atoms with Gasteiger partial charge >= 0.3 is 0 Å². The highest BCUT2D eigenvalue weighted by atomic mass is 35.5. The van der Waals surface area contributed by atoms with Crippen LogP contribution in [0.2, 0.25) is 5.02 Å². The minimum absolute atomic E-state index is 0.112. The number of para-hydroxylation sites is 1. The molecule has 2 heterocycles. The van der Waals surface area contributed by atoms with Gasteiger partial charge in [0.15, 0.2) is 5.82 Å². The van der Waals surface area contributed by atoms with Crippen molar-refractivity contribution in [3.63, 3.8) is 0 Å². The average molecular weight is 417 g/mol. The summed E-state index contributed by atoms with van der Waals surface area (Å²) in [5.74, 6) is 1.87. The van der Waals surface area contributed by atoms with Crippen LogP contribution < -0.4 is 10.3 Å². The van der Waals surface area contributed by atoms with Gasteiger partial charge < -0.3 is 4.74 Å². The molecule has 0 fully saturated rings. The van der Waals surface area contributed by atoms with Crippen LogP contribution in [0.4, 0.5) is 0 Å². The highest BCUT2D eigenvalue weighted by Crippen LogP contribution is 2.25. The zero-order chi connectivity index (χ0) is 20.7. The Morgan fingerprint density at radius 3 is 2.53 bits per heavy atom. The van der Waals surface area contributed by atoms with Crippen LogP contribution >= 0.6 is 11.6 Å². The van der Waals surface area contributed by atoms with Gasteiger partial charge in [0.1, 0.15) is 5.75 Å². The fourth-order valence-electron chi connectivity index (χ4n) is 3.63. The third kappa shape index (κ3) is 3.02. The molecule has 0 aliphatic carbocycles. The summed E-state index contributed by atoms with van der Waals surface area (Å²) in [7, 11) is 1.62. The van der Waals surface area contributed by atoms with Gasteiger partial charge in [-0.1, -0.05) is 48.0 Å². The Hall–Kier alpha value is -3.64. The third-order valence-corrected chi connectivity index (χ3v) is 5.33. The molecule has 0 atom stereocenters. The summed E-state index contributed by atoms with van der Waals surface area (Å²) in [5.41, 5.74) is 2.43. The SMILES string of the molecule is COc1ccc(Cn2c(=O)c3ccccc3n3c(-c4cccc(Cl)c4)nnc23)cc1. The van der Waals surface area contributed by atoms with E-state index in [1.54, 1.807) is 11.7 Å². The van der Waals surface area contributed by atoms with E-state index in [-0.39, 0.29) is 5.56 Å². The van der Waals surface area contributed by atoms with Crippen molar-refractivity contribution in [1.29, 1.82) is 0 Å². The van der Waals surface area contributed by atoms with Gasteiger partial charge in [-0.05, 0) is 42.0 Å². The third-order valence-electron chi connectivity index (χ3n) is 5.09. The van der Waals surface area contributed by atoms with E-state index in [2.05, 4.69) is 10.2 Å². The molecule has 5 rings (SSSR count). The predicted octanol–water partition coefficient (Wildman–Crippen LogP) is 4.42. The lowest BCUT2D eigenvalue weighted by molar-refractivity contribution is 0.414. The van der Waals surface area contributed by atoms with Crippen molar-refractivity contribution in [1.82, 2.24) is 19.2 Å². The number of hydrogen-bond acceptors (Lipinski definition) is 4. The van der Waals surface area contributed by atoms with E-state index in [1.165, 1.54) is 0 Å². The van der Waals surface area contributed by atoms with E-state index in [0.717, 1.165) is 22.4 Å². The molecule has 0 unspecified atom stereocenters. The largest absolute Gasteiger partial charge is 0.497 e. The van der Waals surface area contributed by atoms with Crippen LogP contribution in [0.25, 0.3) is 28.1 Å². The van der Waals surface area contributed by atoms with Gasteiger partial charge in [-0.25, -0.2) is 0 Å². The lowest BCUT2D eigenvalue weighted by Crippen LogP contribution is -2.24. The van der Waals surface area contributed by atoms with Crippen molar-refractivity contribution in [3.05, 3.63) is 93.7 Å². The number of hydrogen-bond donors (Lipinski definition) is 0. The molecule has 7 heteroatoms. The van der Waals surface area contributed by atoms with E-state index in [4.69, 9.17) is 16.3 Å². The van der Waals surface area contributed by atoms with Gasteiger partial charge in [0.2, 0.25) is 5.78 Å². The summed E-state index contributed by atoms with van der Waals surface area (Å²) < 4.78 is 8.78. The van der Waals surface area contributed by atoms with Gasteiger partial charge in [0, 0.05) is 10.6 Å². The second-order valence-electron chi connectivity index (χ2n) is 6.93. The fourth-order valence-corrected chi connectivity index (χ4v) is 3.82. The minimum Gasteiger partial charge on any atom is -0.497 e. The van der Waals surface area contributed by atoms with Crippen LogP contribution in [0.5, 0.6) is 5.75 Å². The van der Waals surface area contributed by atoms with Gasteiger partial charge in [-0.15, -0.1) is 10.2 Å². The average Bonchev–Trinajstić information content (AvgIpc) is 3.22. The summed E-state index contributed by atoms with van der Waals surface area (Å²) in [5, 5.41) is 9.99. The Morgan fingerprint density at radius 1 is 0.967 bits per heavy atom. The number of ether oxygens (including phenoxy) is 1. The van der Waals surface area contributed by atoms with E-state index < -0.39 is 0 Å². The summed E-state index contributed by atoms with van der Waals surface area (Å²) in [6, 6.07) is 22.5.